The van der Waals surface area contributed by atoms with E-state index in [4.69, 9.17) is 0 Å². The maximum Gasteiger partial charge on any atom is 0.282 e. The molecule has 114 valence electrons. The normalized spacial score (nSPS) is 11.2. The molecule has 0 spiro atoms. The van der Waals surface area contributed by atoms with Crippen LogP contribution in [0.3, 0.4) is 0 Å². The van der Waals surface area contributed by atoms with Gasteiger partial charge in [0.1, 0.15) is 5.82 Å². The van der Waals surface area contributed by atoms with E-state index in [0.29, 0.717) is 22.3 Å². The number of fused-ring (bicyclic) bond motifs is 1. The number of aromatic nitrogens is 2. The number of hydrogen-bond donors (Lipinski definition) is 0. The Hall–Kier alpha value is -3.35. The van der Waals surface area contributed by atoms with Crippen molar-refractivity contribution in [1.29, 1.82) is 0 Å². The molecule has 1 heterocycles. The summed E-state index contributed by atoms with van der Waals surface area (Å²) >= 11 is 0. The number of aryl methyl sites for hydroxylation is 1. The Kier molecular flexibility index (Phi) is 3.68. The van der Waals surface area contributed by atoms with Gasteiger partial charge in [0.15, 0.2) is 0 Å². The molecule has 0 unspecified atom stereocenters. The summed E-state index contributed by atoms with van der Waals surface area (Å²) in [6.45, 7) is 1.68. The molecule has 23 heavy (non-hydrogen) atoms. The molecule has 3 aromatic rings. The first-order valence-corrected chi connectivity index (χ1v) is 6.83. The van der Waals surface area contributed by atoms with E-state index in [1.54, 1.807) is 37.3 Å². The van der Waals surface area contributed by atoms with Crippen LogP contribution in [0, 0.1) is 17.0 Å². The summed E-state index contributed by atoms with van der Waals surface area (Å²) in [5.41, 5.74) is 0.819. The molecule has 0 amide bonds. The highest BCUT2D eigenvalue weighted by atomic mass is 16.6. The van der Waals surface area contributed by atoms with Crippen molar-refractivity contribution in [3.8, 4) is 0 Å². The van der Waals surface area contributed by atoms with Gasteiger partial charge in [-0.3, -0.25) is 14.9 Å². The highest BCUT2D eigenvalue weighted by Crippen LogP contribution is 2.12. The number of hydrogen-bond acceptors (Lipinski definition) is 5. The number of non-ortho nitro benzene ring substituents is 1. The summed E-state index contributed by atoms with van der Waals surface area (Å²) < 4.78 is 1.18. The van der Waals surface area contributed by atoms with Crippen molar-refractivity contribution in [3.05, 3.63) is 80.4 Å². The number of nitro benzene ring substituents is 1. The maximum atomic E-state index is 12.4. The molecular weight excluding hydrogens is 296 g/mol. The van der Waals surface area contributed by atoms with Gasteiger partial charge >= 0.3 is 0 Å². The van der Waals surface area contributed by atoms with Gasteiger partial charge in [-0.25, -0.2) is 4.98 Å². The Morgan fingerprint density at radius 2 is 2.00 bits per heavy atom. The van der Waals surface area contributed by atoms with E-state index < -0.39 is 4.92 Å². The predicted molar refractivity (Wildman–Crippen MR) is 86.8 cm³/mol. The lowest BCUT2D eigenvalue weighted by Crippen LogP contribution is -2.20. The minimum absolute atomic E-state index is 0.0327. The molecule has 0 fully saturated rings. The van der Waals surface area contributed by atoms with Crippen LogP contribution in [0.25, 0.3) is 10.9 Å². The zero-order valence-corrected chi connectivity index (χ0v) is 12.2. The molecule has 0 bridgehead atoms. The lowest BCUT2D eigenvalue weighted by atomic mass is 10.2. The second kappa shape index (κ2) is 5.80. The molecule has 0 aliphatic carbocycles. The highest BCUT2D eigenvalue weighted by molar-refractivity contribution is 5.81. The lowest BCUT2D eigenvalue weighted by molar-refractivity contribution is -0.384. The third-order valence-corrected chi connectivity index (χ3v) is 3.32. The Bertz CT molecular complexity index is 992. The minimum atomic E-state index is -0.480. The molecule has 0 aliphatic heterocycles. The Morgan fingerprint density at radius 3 is 2.78 bits per heavy atom. The average molecular weight is 308 g/mol. The van der Waals surface area contributed by atoms with Crippen LogP contribution in [0.1, 0.15) is 11.4 Å². The zero-order chi connectivity index (χ0) is 16.4. The van der Waals surface area contributed by atoms with Crippen molar-refractivity contribution >= 4 is 22.8 Å². The van der Waals surface area contributed by atoms with E-state index in [1.807, 2.05) is 6.07 Å². The minimum Gasteiger partial charge on any atom is -0.267 e. The molecule has 3 rings (SSSR count). The fourth-order valence-electron chi connectivity index (χ4n) is 2.21. The van der Waals surface area contributed by atoms with Crippen molar-refractivity contribution in [1.82, 2.24) is 9.66 Å². The van der Waals surface area contributed by atoms with Crippen LogP contribution in [0.2, 0.25) is 0 Å². The van der Waals surface area contributed by atoms with Crippen LogP contribution in [-0.4, -0.2) is 20.8 Å². The summed E-state index contributed by atoms with van der Waals surface area (Å²) in [4.78, 5) is 27.1. The molecule has 0 atom stereocenters. The summed E-state index contributed by atoms with van der Waals surface area (Å²) in [6, 6.07) is 13.0. The third kappa shape index (κ3) is 2.84. The standard InChI is InChI=1S/C16H12N4O3/c1-11-18-15-8-3-2-7-14(15)16(21)19(11)17-10-12-5-4-6-13(9-12)20(22)23/h2-10H,1H3. The fourth-order valence-corrected chi connectivity index (χ4v) is 2.21. The SMILES string of the molecule is Cc1nc2ccccc2c(=O)n1N=Cc1cccc([N+](=O)[O-])c1. The molecule has 0 saturated carbocycles. The monoisotopic (exact) mass is 308 g/mol. The van der Waals surface area contributed by atoms with Gasteiger partial charge < -0.3 is 0 Å². The van der Waals surface area contributed by atoms with Crippen LogP contribution in [0.15, 0.2) is 58.4 Å². The lowest BCUT2D eigenvalue weighted by Gasteiger charge is -2.04. The van der Waals surface area contributed by atoms with Gasteiger partial charge in [0.2, 0.25) is 0 Å². The number of nitro groups is 1. The smallest absolute Gasteiger partial charge is 0.267 e. The zero-order valence-electron chi connectivity index (χ0n) is 12.2. The first kappa shape index (κ1) is 14.6. The second-order valence-electron chi connectivity index (χ2n) is 4.89. The van der Waals surface area contributed by atoms with Crippen LogP contribution in [0.4, 0.5) is 5.69 Å². The van der Waals surface area contributed by atoms with Crippen LogP contribution >= 0.6 is 0 Å². The first-order chi connectivity index (χ1) is 11.1. The van der Waals surface area contributed by atoms with E-state index in [2.05, 4.69) is 10.1 Å². The molecule has 0 saturated heterocycles. The van der Waals surface area contributed by atoms with Gasteiger partial charge in [-0.2, -0.15) is 9.78 Å². The summed E-state index contributed by atoms with van der Waals surface area (Å²) in [7, 11) is 0. The van der Waals surface area contributed by atoms with Gasteiger partial charge in [-0.05, 0) is 19.1 Å². The van der Waals surface area contributed by atoms with Gasteiger partial charge in [-0.1, -0.05) is 24.3 Å². The molecule has 0 radical (unpaired) electrons. The molecule has 0 aliphatic rings. The topological polar surface area (TPSA) is 90.4 Å². The largest absolute Gasteiger partial charge is 0.282 e. The number of rotatable bonds is 3. The van der Waals surface area contributed by atoms with Crippen LogP contribution in [0.5, 0.6) is 0 Å². The molecule has 1 aromatic heterocycles. The third-order valence-electron chi connectivity index (χ3n) is 3.32. The van der Waals surface area contributed by atoms with Gasteiger partial charge in [0.25, 0.3) is 11.2 Å². The molecule has 7 heteroatoms. The van der Waals surface area contributed by atoms with E-state index in [1.165, 1.54) is 23.0 Å². The van der Waals surface area contributed by atoms with Crippen molar-refractivity contribution in [2.75, 3.05) is 0 Å². The van der Waals surface area contributed by atoms with E-state index in [9.17, 15) is 14.9 Å². The quantitative estimate of drug-likeness (QED) is 0.422. The van der Waals surface area contributed by atoms with Crippen molar-refractivity contribution in [2.24, 2.45) is 5.10 Å². The van der Waals surface area contributed by atoms with E-state index in [0.717, 1.165) is 0 Å². The second-order valence-corrected chi connectivity index (χ2v) is 4.89. The molecule has 0 N–H and O–H groups in total. The summed E-state index contributed by atoms with van der Waals surface area (Å²) in [6.07, 6.45) is 1.40. The number of benzene rings is 2. The van der Waals surface area contributed by atoms with Crippen molar-refractivity contribution in [2.45, 2.75) is 6.92 Å². The first-order valence-electron chi connectivity index (χ1n) is 6.83. The molecule has 2 aromatic carbocycles. The van der Waals surface area contributed by atoms with Gasteiger partial charge in [-0.15, -0.1) is 0 Å². The Labute approximate surface area is 130 Å². The molecular formula is C16H12N4O3. The van der Waals surface area contributed by atoms with Gasteiger partial charge in [0.05, 0.1) is 22.0 Å². The van der Waals surface area contributed by atoms with E-state index >= 15 is 0 Å². The van der Waals surface area contributed by atoms with Crippen LogP contribution < -0.4 is 5.56 Å². The van der Waals surface area contributed by atoms with Crippen LogP contribution in [-0.2, 0) is 0 Å². The van der Waals surface area contributed by atoms with Crippen molar-refractivity contribution in [3.63, 3.8) is 0 Å². The van der Waals surface area contributed by atoms with Gasteiger partial charge in [0, 0.05) is 17.7 Å². The predicted octanol–water partition coefficient (Wildman–Crippen LogP) is 2.50. The summed E-state index contributed by atoms with van der Waals surface area (Å²) in [5.74, 6) is 0.440. The number of para-hydroxylation sites is 1. The Morgan fingerprint density at radius 1 is 1.22 bits per heavy atom. The van der Waals surface area contributed by atoms with Crippen molar-refractivity contribution < 1.29 is 4.92 Å². The highest BCUT2D eigenvalue weighted by Gasteiger charge is 2.07. The maximum absolute atomic E-state index is 12.4. The Balaban J connectivity index is 2.06. The fraction of sp³-hybridized carbons (Fsp3) is 0.0625. The summed E-state index contributed by atoms with van der Waals surface area (Å²) in [5, 5.41) is 15.4. The molecule has 7 nitrogen and oxygen atoms in total. The number of nitrogens with zero attached hydrogens (tertiary/aromatic N) is 4. The van der Waals surface area contributed by atoms with E-state index in [-0.39, 0.29) is 11.2 Å². The average Bonchev–Trinajstić information content (AvgIpc) is 2.55.